The van der Waals surface area contributed by atoms with Crippen molar-refractivity contribution in [3.8, 4) is 0 Å². The third-order valence-electron chi connectivity index (χ3n) is 3.24. The number of nitrogens with zero attached hydrogens (tertiary/aromatic N) is 4. The first kappa shape index (κ1) is 13.1. The van der Waals surface area contributed by atoms with Gasteiger partial charge in [-0.05, 0) is 0 Å². The third-order valence-corrected chi connectivity index (χ3v) is 3.24. The van der Waals surface area contributed by atoms with Gasteiger partial charge in [-0.25, -0.2) is 19.3 Å². The Hall–Kier alpha value is -1.88. The number of imidazole rings is 1. The predicted molar refractivity (Wildman–Crippen MR) is 62.8 cm³/mol. The van der Waals surface area contributed by atoms with Crippen molar-refractivity contribution in [3.05, 3.63) is 12.7 Å². The number of fused-ring (bicyclic) bond motifs is 1. The number of aliphatic hydroxyl groups is 3. The lowest BCUT2D eigenvalue weighted by atomic mass is 10.1. The number of hydrogen-bond acceptors (Lipinski definition) is 8. The quantitative estimate of drug-likeness (QED) is 0.513. The van der Waals surface area contributed by atoms with E-state index in [1.165, 1.54) is 0 Å². The van der Waals surface area contributed by atoms with Crippen molar-refractivity contribution in [2.75, 3.05) is 12.3 Å². The van der Waals surface area contributed by atoms with Gasteiger partial charge in [0, 0.05) is 0 Å². The van der Waals surface area contributed by atoms with Crippen LogP contribution in [0.15, 0.2) is 12.7 Å². The molecule has 20 heavy (non-hydrogen) atoms. The minimum atomic E-state index is -3.10. The third kappa shape index (κ3) is 1.66. The number of ether oxygens (including phenoxy) is 1. The van der Waals surface area contributed by atoms with Crippen LogP contribution in [0.25, 0.3) is 11.2 Å². The van der Waals surface area contributed by atoms with Crippen LogP contribution in [0, 0.1) is 0 Å². The van der Waals surface area contributed by atoms with E-state index < -0.39 is 30.9 Å². The Morgan fingerprint density at radius 2 is 2.20 bits per heavy atom. The molecule has 4 atom stereocenters. The molecule has 0 aromatic carbocycles. The van der Waals surface area contributed by atoms with Crippen LogP contribution in [0.2, 0.25) is 0 Å². The van der Waals surface area contributed by atoms with Crippen molar-refractivity contribution in [2.45, 2.75) is 24.3 Å². The molecule has 0 saturated carbocycles. The summed E-state index contributed by atoms with van der Waals surface area (Å²) in [5.41, 5.74) is 5.96. The lowest BCUT2D eigenvalue weighted by Crippen LogP contribution is -2.43. The van der Waals surface area contributed by atoms with Gasteiger partial charge >= 0.3 is 0 Å². The molecule has 1 unspecified atom stereocenters. The highest BCUT2D eigenvalue weighted by Crippen LogP contribution is 2.40. The Bertz CT molecular complexity index is 648. The first-order chi connectivity index (χ1) is 9.46. The molecule has 5 N–H and O–H groups in total. The molecule has 9 nitrogen and oxygen atoms in total. The number of anilines is 1. The molecule has 1 aliphatic heterocycles. The Balaban J connectivity index is 2.10. The Labute approximate surface area is 111 Å². The Morgan fingerprint density at radius 3 is 2.85 bits per heavy atom. The molecule has 0 radical (unpaired) electrons. The summed E-state index contributed by atoms with van der Waals surface area (Å²) in [5, 5.41) is 28.4. The van der Waals surface area contributed by atoms with E-state index in [0.717, 1.165) is 17.2 Å². The van der Waals surface area contributed by atoms with Crippen molar-refractivity contribution in [1.82, 2.24) is 19.5 Å². The zero-order valence-corrected chi connectivity index (χ0v) is 10.1. The molecular weight excluding hydrogens is 273 g/mol. The van der Waals surface area contributed by atoms with Crippen molar-refractivity contribution in [1.29, 1.82) is 0 Å². The van der Waals surface area contributed by atoms with E-state index in [9.17, 15) is 14.6 Å². The highest BCUT2D eigenvalue weighted by atomic mass is 19.2. The van der Waals surface area contributed by atoms with E-state index >= 15 is 0 Å². The smallest absolute Gasteiger partial charge is 0.281 e. The summed E-state index contributed by atoms with van der Waals surface area (Å²) in [5.74, 6) is -3.01. The zero-order chi connectivity index (χ0) is 14.5. The number of halogens is 1. The SMILES string of the molecule is Nc1ncnc2c1ncn2C1O[C@H](CO)[C@@H](O)[C@@]1(O)F. The van der Waals surface area contributed by atoms with E-state index in [-0.39, 0.29) is 17.0 Å². The van der Waals surface area contributed by atoms with Crippen molar-refractivity contribution in [2.24, 2.45) is 0 Å². The van der Waals surface area contributed by atoms with Gasteiger partial charge in [0.1, 0.15) is 24.1 Å². The highest BCUT2D eigenvalue weighted by Gasteiger charge is 2.57. The monoisotopic (exact) mass is 285 g/mol. The number of rotatable bonds is 2. The van der Waals surface area contributed by atoms with E-state index in [1.54, 1.807) is 0 Å². The average molecular weight is 285 g/mol. The summed E-state index contributed by atoms with van der Waals surface area (Å²) in [7, 11) is 0. The second-order valence-corrected chi connectivity index (χ2v) is 4.46. The van der Waals surface area contributed by atoms with E-state index in [1.807, 2.05) is 0 Å². The van der Waals surface area contributed by atoms with Gasteiger partial charge in [0.15, 0.2) is 17.7 Å². The molecule has 0 aliphatic carbocycles. The summed E-state index contributed by atoms with van der Waals surface area (Å²) in [4.78, 5) is 11.5. The van der Waals surface area contributed by atoms with Crippen LogP contribution in [0.5, 0.6) is 0 Å². The Morgan fingerprint density at radius 1 is 1.45 bits per heavy atom. The molecule has 1 saturated heterocycles. The summed E-state index contributed by atoms with van der Waals surface area (Å²) in [6.07, 6.45) is -2.44. The van der Waals surface area contributed by atoms with Crippen molar-refractivity contribution in [3.63, 3.8) is 0 Å². The van der Waals surface area contributed by atoms with Gasteiger partial charge in [0.2, 0.25) is 0 Å². The van der Waals surface area contributed by atoms with E-state index in [4.69, 9.17) is 15.6 Å². The lowest BCUT2D eigenvalue weighted by molar-refractivity contribution is -0.195. The maximum absolute atomic E-state index is 14.2. The minimum absolute atomic E-state index is 0.0911. The van der Waals surface area contributed by atoms with Crippen LogP contribution in [0.4, 0.5) is 10.2 Å². The summed E-state index contributed by atoms with van der Waals surface area (Å²) in [6.45, 7) is -0.645. The van der Waals surface area contributed by atoms with Gasteiger partial charge in [0.25, 0.3) is 5.85 Å². The van der Waals surface area contributed by atoms with Crippen LogP contribution in [0.1, 0.15) is 6.23 Å². The number of nitrogens with two attached hydrogens (primary N) is 1. The maximum atomic E-state index is 14.2. The second-order valence-electron chi connectivity index (χ2n) is 4.46. The zero-order valence-electron chi connectivity index (χ0n) is 10.1. The maximum Gasteiger partial charge on any atom is 0.281 e. The highest BCUT2D eigenvalue weighted by molar-refractivity contribution is 5.81. The van der Waals surface area contributed by atoms with Gasteiger partial charge in [-0.1, -0.05) is 0 Å². The van der Waals surface area contributed by atoms with E-state index in [0.29, 0.717) is 0 Å². The molecule has 2 aromatic heterocycles. The van der Waals surface area contributed by atoms with Gasteiger partial charge in [-0.15, -0.1) is 0 Å². The largest absolute Gasteiger partial charge is 0.394 e. The molecule has 3 heterocycles. The molecular formula is C10H12FN5O4. The van der Waals surface area contributed by atoms with Crippen LogP contribution in [-0.4, -0.2) is 59.5 Å². The van der Waals surface area contributed by atoms with Gasteiger partial charge in [0.05, 0.1) is 12.9 Å². The second kappa shape index (κ2) is 4.31. The number of nitrogen functional groups attached to an aromatic ring is 1. The van der Waals surface area contributed by atoms with Gasteiger partial charge < -0.3 is 25.8 Å². The first-order valence-corrected chi connectivity index (χ1v) is 5.75. The molecule has 0 amide bonds. The van der Waals surface area contributed by atoms with Gasteiger partial charge in [-0.3, -0.25) is 4.57 Å². The van der Waals surface area contributed by atoms with Crippen LogP contribution < -0.4 is 5.73 Å². The average Bonchev–Trinajstić information content (AvgIpc) is 2.92. The fraction of sp³-hybridized carbons (Fsp3) is 0.500. The van der Waals surface area contributed by atoms with Crippen molar-refractivity contribution < 1.29 is 24.4 Å². The summed E-state index contributed by atoms with van der Waals surface area (Å²) in [6, 6.07) is 0. The molecule has 1 fully saturated rings. The lowest BCUT2D eigenvalue weighted by Gasteiger charge is -2.22. The Kier molecular flexibility index (Phi) is 2.83. The standard InChI is InChI=1S/C10H12FN5O4/c11-10(19)6(18)4(1-17)20-9(10)16-3-15-5-7(12)13-2-14-8(5)16/h2-4,6,9,17-19H,1H2,(H2,12,13,14)/t4-,6-,9?,10+/m1/s1. The molecule has 108 valence electrons. The van der Waals surface area contributed by atoms with Gasteiger partial charge in [-0.2, -0.15) is 0 Å². The molecule has 2 aromatic rings. The number of aromatic nitrogens is 4. The normalized spacial score (nSPS) is 33.9. The number of aliphatic hydroxyl groups excluding tert-OH is 2. The molecule has 10 heteroatoms. The van der Waals surface area contributed by atoms with Crippen LogP contribution >= 0.6 is 0 Å². The minimum Gasteiger partial charge on any atom is -0.394 e. The number of alkyl halides is 1. The first-order valence-electron chi connectivity index (χ1n) is 5.75. The van der Waals surface area contributed by atoms with Crippen LogP contribution in [-0.2, 0) is 4.74 Å². The molecule has 3 rings (SSSR count). The van der Waals surface area contributed by atoms with Crippen LogP contribution in [0.3, 0.4) is 0 Å². The molecule has 0 bridgehead atoms. The summed E-state index contributed by atoms with van der Waals surface area (Å²) < 4.78 is 20.5. The van der Waals surface area contributed by atoms with E-state index in [2.05, 4.69) is 15.0 Å². The van der Waals surface area contributed by atoms with Crippen molar-refractivity contribution >= 4 is 17.0 Å². The topological polar surface area (TPSA) is 140 Å². The fourth-order valence-corrected chi connectivity index (χ4v) is 2.19. The summed E-state index contributed by atoms with van der Waals surface area (Å²) >= 11 is 0. The number of hydrogen-bond donors (Lipinski definition) is 4. The molecule has 0 spiro atoms. The predicted octanol–water partition coefficient (Wildman–Crippen LogP) is -1.68. The fourth-order valence-electron chi connectivity index (χ4n) is 2.19. The molecule has 1 aliphatic rings.